The molecule has 4 aromatic carbocycles. The van der Waals surface area contributed by atoms with Crippen LogP contribution in [0.2, 0.25) is 10.0 Å². The molecule has 0 aliphatic carbocycles. The van der Waals surface area contributed by atoms with Gasteiger partial charge >= 0.3 is 0 Å². The van der Waals surface area contributed by atoms with Crippen molar-refractivity contribution in [1.29, 1.82) is 0 Å². The van der Waals surface area contributed by atoms with E-state index in [1.54, 1.807) is 42.5 Å². The fourth-order valence-corrected chi connectivity index (χ4v) is 6.10. The highest BCUT2D eigenvalue weighted by atomic mass is 35.5. The number of aromatic nitrogens is 1. The summed E-state index contributed by atoms with van der Waals surface area (Å²) in [5.41, 5.74) is 3.43. The molecule has 0 unspecified atom stereocenters. The van der Waals surface area contributed by atoms with Gasteiger partial charge in [-0.15, -0.1) is 0 Å². The maximum atomic E-state index is 13.7. The summed E-state index contributed by atoms with van der Waals surface area (Å²) in [5, 5.41) is 3.73. The van der Waals surface area contributed by atoms with Crippen molar-refractivity contribution in [2.24, 2.45) is 0 Å². The first-order valence-corrected chi connectivity index (χ1v) is 16.0. The van der Waals surface area contributed by atoms with E-state index < -0.39 is 21.7 Å². The molecule has 1 amide bonds. The molecule has 0 saturated carbocycles. The summed E-state index contributed by atoms with van der Waals surface area (Å²) >= 11 is 12.5. The SMILES string of the molecule is CNC(=O)c1c(-c2ccc(F)cc2)oc2cc(N(C)S(C)(=O)=O)c(-c3ccc(OC)c(-c4nc5c(Cl)cc(Cl)cc5o4)c3)cc12. The number of rotatable bonds is 7. The van der Waals surface area contributed by atoms with E-state index in [0.717, 1.165) is 10.6 Å². The van der Waals surface area contributed by atoms with E-state index in [-0.39, 0.29) is 28.5 Å². The maximum absolute atomic E-state index is 13.7. The maximum Gasteiger partial charge on any atom is 0.255 e. The highest BCUT2D eigenvalue weighted by Crippen LogP contribution is 2.44. The van der Waals surface area contributed by atoms with Crippen molar-refractivity contribution < 1.29 is 31.2 Å². The lowest BCUT2D eigenvalue weighted by Crippen LogP contribution is -2.25. The monoisotopic (exact) mass is 667 g/mol. The summed E-state index contributed by atoms with van der Waals surface area (Å²) in [6.45, 7) is 0. The molecule has 0 saturated heterocycles. The van der Waals surface area contributed by atoms with Crippen molar-refractivity contribution in [1.82, 2.24) is 10.3 Å². The third-order valence-electron chi connectivity index (χ3n) is 7.36. The Labute approximate surface area is 267 Å². The molecule has 6 rings (SSSR count). The summed E-state index contributed by atoms with van der Waals surface area (Å²) in [7, 11) is 0.650. The number of furan rings is 1. The topological polar surface area (TPSA) is 115 Å². The number of fused-ring (bicyclic) bond motifs is 2. The average molecular weight is 669 g/mol. The van der Waals surface area contributed by atoms with E-state index in [9.17, 15) is 17.6 Å². The van der Waals surface area contributed by atoms with Crippen molar-refractivity contribution in [2.75, 3.05) is 31.8 Å². The van der Waals surface area contributed by atoms with Crippen LogP contribution in [0.15, 0.2) is 75.6 Å². The second-order valence-corrected chi connectivity index (χ2v) is 13.0. The smallest absolute Gasteiger partial charge is 0.255 e. The van der Waals surface area contributed by atoms with E-state index >= 15 is 0 Å². The number of halogens is 3. The van der Waals surface area contributed by atoms with Crippen LogP contribution in [0.25, 0.3) is 56.0 Å². The highest BCUT2D eigenvalue weighted by Gasteiger charge is 2.27. The van der Waals surface area contributed by atoms with E-state index in [4.69, 9.17) is 36.8 Å². The van der Waals surface area contributed by atoms with Gasteiger partial charge in [-0.2, -0.15) is 0 Å². The van der Waals surface area contributed by atoms with Gasteiger partial charge in [-0.1, -0.05) is 29.3 Å². The summed E-state index contributed by atoms with van der Waals surface area (Å²) in [6, 6.07) is 17.1. The Hall–Kier alpha value is -4.58. The van der Waals surface area contributed by atoms with Gasteiger partial charge in [0.25, 0.3) is 5.91 Å². The van der Waals surface area contributed by atoms with Gasteiger partial charge in [0.1, 0.15) is 28.4 Å². The molecule has 230 valence electrons. The van der Waals surface area contributed by atoms with Crippen LogP contribution in [0.4, 0.5) is 10.1 Å². The molecule has 45 heavy (non-hydrogen) atoms. The van der Waals surface area contributed by atoms with E-state index in [1.807, 2.05) is 0 Å². The summed E-state index contributed by atoms with van der Waals surface area (Å²) in [4.78, 5) is 17.8. The fraction of sp³-hybridized carbons (Fsp3) is 0.125. The summed E-state index contributed by atoms with van der Waals surface area (Å²) < 4.78 is 58.2. The zero-order valence-electron chi connectivity index (χ0n) is 24.2. The molecule has 0 fully saturated rings. The second kappa shape index (κ2) is 11.4. The Morgan fingerprint density at radius 1 is 0.956 bits per heavy atom. The Bertz CT molecular complexity index is 2250. The lowest BCUT2D eigenvalue weighted by molar-refractivity contribution is 0.0964. The largest absolute Gasteiger partial charge is 0.496 e. The number of ether oxygens (including phenoxy) is 1. The molecule has 0 radical (unpaired) electrons. The standard InChI is InChI=1S/C32H24Cl2FN3O6S/c1-36-31(39)28-21-14-20(24(38(2)45(4,40)41)15-26(21)43-30(28)16-5-8-19(35)9-6-16)17-7-10-25(42-3)22(11-17)32-37-29-23(34)12-18(33)13-27(29)44-32/h5-15H,1-4H3,(H,36,39). The van der Waals surface area contributed by atoms with Crippen molar-refractivity contribution in [3.8, 4) is 39.7 Å². The Kier molecular flexibility index (Phi) is 7.72. The number of hydrogen-bond acceptors (Lipinski definition) is 7. The number of carbonyl (C=O) groups is 1. The predicted octanol–water partition coefficient (Wildman–Crippen LogP) is 7.78. The Morgan fingerprint density at radius 3 is 2.33 bits per heavy atom. The molecule has 2 aromatic heterocycles. The lowest BCUT2D eigenvalue weighted by atomic mass is 9.97. The average Bonchev–Trinajstić information content (AvgIpc) is 3.61. The molecule has 13 heteroatoms. The van der Waals surface area contributed by atoms with Gasteiger partial charge in [-0.3, -0.25) is 9.10 Å². The Morgan fingerprint density at radius 2 is 1.67 bits per heavy atom. The minimum Gasteiger partial charge on any atom is -0.496 e. The molecule has 0 aliphatic rings. The quantitative estimate of drug-likeness (QED) is 0.185. The van der Waals surface area contributed by atoms with Gasteiger partial charge in [-0.25, -0.2) is 17.8 Å². The van der Waals surface area contributed by atoms with E-state index in [0.29, 0.717) is 54.5 Å². The molecule has 6 aromatic rings. The van der Waals surface area contributed by atoms with Crippen LogP contribution in [-0.4, -0.2) is 46.8 Å². The van der Waals surface area contributed by atoms with Crippen LogP contribution in [0, 0.1) is 5.82 Å². The normalized spacial score (nSPS) is 11.7. The van der Waals surface area contributed by atoms with Gasteiger partial charge in [0.15, 0.2) is 5.58 Å². The Balaban J connectivity index is 1.64. The molecule has 1 N–H and O–H groups in total. The van der Waals surface area contributed by atoms with Crippen molar-refractivity contribution in [3.05, 3.63) is 88.2 Å². The van der Waals surface area contributed by atoms with Crippen molar-refractivity contribution >= 4 is 66.9 Å². The molecule has 0 aliphatic heterocycles. The number of anilines is 1. The lowest BCUT2D eigenvalue weighted by Gasteiger charge is -2.21. The van der Waals surface area contributed by atoms with Gasteiger partial charge in [0.2, 0.25) is 15.9 Å². The molecule has 9 nitrogen and oxygen atoms in total. The highest BCUT2D eigenvalue weighted by molar-refractivity contribution is 7.92. The molecule has 0 bridgehead atoms. The van der Waals surface area contributed by atoms with Crippen LogP contribution < -0.4 is 14.4 Å². The van der Waals surface area contributed by atoms with Crippen LogP contribution in [0.1, 0.15) is 10.4 Å². The van der Waals surface area contributed by atoms with Crippen LogP contribution in [0.5, 0.6) is 5.75 Å². The van der Waals surface area contributed by atoms with Gasteiger partial charge in [0.05, 0.1) is 35.2 Å². The third kappa shape index (κ3) is 5.47. The van der Waals surface area contributed by atoms with Crippen molar-refractivity contribution in [3.63, 3.8) is 0 Å². The first-order chi connectivity index (χ1) is 21.4. The number of carbonyl (C=O) groups excluding carboxylic acids is 1. The summed E-state index contributed by atoms with van der Waals surface area (Å²) in [5.74, 6) is -0.0672. The van der Waals surface area contributed by atoms with E-state index in [1.165, 1.54) is 45.5 Å². The van der Waals surface area contributed by atoms with Crippen LogP contribution >= 0.6 is 23.2 Å². The number of hydrogen-bond donors (Lipinski definition) is 1. The number of amides is 1. The molecular weight excluding hydrogens is 644 g/mol. The van der Waals surface area contributed by atoms with E-state index in [2.05, 4.69) is 10.3 Å². The molecular formula is C32H24Cl2FN3O6S. The predicted molar refractivity (Wildman–Crippen MR) is 173 cm³/mol. The number of oxazole rings is 1. The number of benzene rings is 4. The zero-order valence-corrected chi connectivity index (χ0v) is 26.6. The summed E-state index contributed by atoms with van der Waals surface area (Å²) in [6.07, 6.45) is 1.08. The number of methoxy groups -OCH3 is 1. The molecule has 0 spiro atoms. The minimum atomic E-state index is -3.75. The molecule has 2 heterocycles. The first kappa shape index (κ1) is 30.4. The number of nitrogens with one attached hydrogen (secondary N) is 1. The first-order valence-electron chi connectivity index (χ1n) is 13.4. The zero-order chi connectivity index (χ0) is 32.2. The number of nitrogens with zero attached hydrogens (tertiary/aromatic N) is 2. The minimum absolute atomic E-state index is 0.194. The fourth-order valence-electron chi connectivity index (χ4n) is 5.07. The van der Waals surface area contributed by atoms with Crippen LogP contribution in [0.3, 0.4) is 0 Å². The van der Waals surface area contributed by atoms with Gasteiger partial charge < -0.3 is 18.9 Å². The molecule has 0 atom stereocenters. The second-order valence-electron chi connectivity index (χ2n) is 10.2. The van der Waals surface area contributed by atoms with Crippen LogP contribution in [-0.2, 0) is 10.0 Å². The third-order valence-corrected chi connectivity index (χ3v) is 9.06. The van der Waals surface area contributed by atoms with Crippen molar-refractivity contribution in [2.45, 2.75) is 0 Å². The number of sulfonamides is 1. The van der Waals surface area contributed by atoms with Gasteiger partial charge in [0, 0.05) is 47.8 Å². The van der Waals surface area contributed by atoms with Gasteiger partial charge in [-0.05, 0) is 54.1 Å².